The lowest BCUT2D eigenvalue weighted by atomic mass is 9.96. The van der Waals surface area contributed by atoms with E-state index in [4.69, 9.17) is 9.40 Å². The Morgan fingerprint density at radius 3 is 2.56 bits per heavy atom. The highest BCUT2D eigenvalue weighted by Gasteiger charge is 2.36. The van der Waals surface area contributed by atoms with Crippen LogP contribution in [0.5, 0.6) is 0 Å². The Balaban J connectivity index is 1.38. The maximum Gasteiger partial charge on any atom is 0.245 e. The molecule has 3 heterocycles. The number of rotatable bonds is 6. The molecule has 0 bridgehead atoms. The molecule has 0 spiro atoms. The topological polar surface area (TPSA) is 83.7 Å². The van der Waals surface area contributed by atoms with E-state index in [1.54, 1.807) is 17.2 Å². The monoisotopic (exact) mass is 527 g/mol. The Labute approximate surface area is 213 Å². The van der Waals surface area contributed by atoms with Crippen molar-refractivity contribution in [2.24, 2.45) is 5.92 Å². The fourth-order valence-electron chi connectivity index (χ4n) is 4.44. The highest BCUT2D eigenvalue weighted by Crippen LogP contribution is 2.34. The van der Waals surface area contributed by atoms with Gasteiger partial charge in [-0.05, 0) is 74.2 Å². The fourth-order valence-corrected chi connectivity index (χ4v) is 7.02. The molecule has 0 N–H and O–H groups in total. The summed E-state index contributed by atoms with van der Waals surface area (Å²) in [5.74, 6) is -0.652. The Bertz CT molecular complexity index is 1470. The smallest absolute Gasteiger partial charge is 0.245 e. The summed E-state index contributed by atoms with van der Waals surface area (Å²) in [7, 11) is -3.97. The number of furan rings is 1. The maximum absolute atomic E-state index is 14.2. The standard InChI is InChI=1S/C26H26FN3O4S2/c1-17-14-22-23(15-18(17)2)35-26(28-22)30(16-20-6-5-13-34-20)25(31)19-9-11-29(12-10-19)36(32,33)24-8-4-3-7-21(24)27/h3-8,13-15,19H,9-12,16H2,1-2H3. The van der Waals surface area contributed by atoms with Crippen molar-refractivity contribution in [1.29, 1.82) is 0 Å². The Morgan fingerprint density at radius 2 is 1.86 bits per heavy atom. The number of thiazole rings is 1. The molecule has 7 nitrogen and oxygen atoms in total. The molecule has 5 rings (SSSR count). The lowest BCUT2D eigenvalue weighted by Gasteiger charge is -2.32. The van der Waals surface area contributed by atoms with Crippen molar-refractivity contribution in [3.8, 4) is 0 Å². The van der Waals surface area contributed by atoms with Gasteiger partial charge in [-0.1, -0.05) is 23.5 Å². The number of amides is 1. The van der Waals surface area contributed by atoms with Crippen molar-refractivity contribution in [3.05, 3.63) is 77.5 Å². The van der Waals surface area contributed by atoms with E-state index in [0.717, 1.165) is 27.4 Å². The van der Waals surface area contributed by atoms with E-state index in [1.165, 1.54) is 33.8 Å². The molecule has 1 saturated heterocycles. The van der Waals surface area contributed by atoms with Gasteiger partial charge in [-0.3, -0.25) is 9.69 Å². The second kappa shape index (κ2) is 9.76. The predicted octanol–water partition coefficient (Wildman–Crippen LogP) is 5.28. The number of sulfonamides is 1. The van der Waals surface area contributed by atoms with Crippen molar-refractivity contribution in [2.45, 2.75) is 38.1 Å². The third-order valence-electron chi connectivity index (χ3n) is 6.64. The summed E-state index contributed by atoms with van der Waals surface area (Å²) < 4.78 is 47.9. The van der Waals surface area contributed by atoms with Crippen molar-refractivity contribution in [1.82, 2.24) is 9.29 Å². The van der Waals surface area contributed by atoms with E-state index in [9.17, 15) is 17.6 Å². The van der Waals surface area contributed by atoms with E-state index < -0.39 is 15.8 Å². The Morgan fingerprint density at radius 1 is 1.14 bits per heavy atom. The first-order valence-corrected chi connectivity index (χ1v) is 14.0. The summed E-state index contributed by atoms with van der Waals surface area (Å²) in [6.45, 7) is 4.59. The van der Waals surface area contributed by atoms with Gasteiger partial charge in [-0.2, -0.15) is 4.31 Å². The Kier molecular flexibility index (Phi) is 6.67. The maximum atomic E-state index is 14.2. The van der Waals surface area contributed by atoms with Gasteiger partial charge in [0, 0.05) is 19.0 Å². The number of aryl methyl sites for hydroxylation is 2. The molecule has 2 aromatic carbocycles. The second-order valence-electron chi connectivity index (χ2n) is 9.01. The third kappa shape index (κ3) is 4.68. The van der Waals surface area contributed by atoms with Crippen LogP contribution in [0, 0.1) is 25.6 Å². The molecular formula is C26H26FN3O4S2. The van der Waals surface area contributed by atoms with Crippen LogP contribution in [-0.2, 0) is 21.4 Å². The van der Waals surface area contributed by atoms with Gasteiger partial charge in [0.15, 0.2) is 5.13 Å². The number of hydrogen-bond donors (Lipinski definition) is 0. The van der Waals surface area contributed by atoms with Crippen molar-refractivity contribution >= 4 is 42.6 Å². The molecule has 1 aliphatic heterocycles. The highest BCUT2D eigenvalue weighted by atomic mass is 32.2. The third-order valence-corrected chi connectivity index (χ3v) is 9.61. The summed E-state index contributed by atoms with van der Waals surface area (Å²) in [5, 5.41) is 0.581. The van der Waals surface area contributed by atoms with Crippen LogP contribution in [0.3, 0.4) is 0 Å². The number of aromatic nitrogens is 1. The van der Waals surface area contributed by atoms with Crippen LogP contribution in [0.1, 0.15) is 29.7 Å². The second-order valence-corrected chi connectivity index (χ2v) is 11.9. The molecule has 36 heavy (non-hydrogen) atoms. The van der Waals surface area contributed by atoms with E-state index >= 15 is 0 Å². The zero-order chi connectivity index (χ0) is 25.4. The number of carbonyl (C=O) groups is 1. The van der Waals surface area contributed by atoms with Gasteiger partial charge in [0.1, 0.15) is 16.5 Å². The number of halogens is 1. The molecule has 0 atom stereocenters. The zero-order valence-corrected chi connectivity index (χ0v) is 21.6. The van der Waals surface area contributed by atoms with Gasteiger partial charge >= 0.3 is 0 Å². The Hall–Kier alpha value is -3.08. The van der Waals surface area contributed by atoms with E-state index in [-0.39, 0.29) is 36.4 Å². The minimum absolute atomic E-state index is 0.123. The van der Waals surface area contributed by atoms with Crippen LogP contribution in [0.2, 0.25) is 0 Å². The molecule has 2 aromatic heterocycles. The summed E-state index contributed by atoms with van der Waals surface area (Å²) in [6, 6.07) is 13.0. The zero-order valence-electron chi connectivity index (χ0n) is 20.0. The molecule has 1 amide bonds. The number of anilines is 1. The molecule has 4 aromatic rings. The largest absolute Gasteiger partial charge is 0.467 e. The first-order chi connectivity index (χ1) is 17.2. The molecule has 1 aliphatic rings. The highest BCUT2D eigenvalue weighted by molar-refractivity contribution is 7.89. The average Bonchev–Trinajstić information content (AvgIpc) is 3.52. The van der Waals surface area contributed by atoms with E-state index in [0.29, 0.717) is 23.7 Å². The normalized spacial score (nSPS) is 15.4. The van der Waals surface area contributed by atoms with Gasteiger partial charge in [-0.15, -0.1) is 0 Å². The molecule has 0 saturated carbocycles. The van der Waals surface area contributed by atoms with Gasteiger partial charge in [0.2, 0.25) is 15.9 Å². The number of benzene rings is 2. The van der Waals surface area contributed by atoms with Crippen molar-refractivity contribution in [2.75, 3.05) is 18.0 Å². The lowest BCUT2D eigenvalue weighted by Crippen LogP contribution is -2.44. The van der Waals surface area contributed by atoms with E-state index in [2.05, 4.69) is 6.07 Å². The summed E-state index contributed by atoms with van der Waals surface area (Å²) in [5.41, 5.74) is 3.12. The number of hydrogen-bond acceptors (Lipinski definition) is 6. The minimum atomic E-state index is -3.97. The average molecular weight is 528 g/mol. The lowest BCUT2D eigenvalue weighted by molar-refractivity contribution is -0.123. The van der Waals surface area contributed by atoms with Gasteiger partial charge in [0.05, 0.1) is 23.0 Å². The van der Waals surface area contributed by atoms with Crippen LogP contribution in [0.15, 0.2) is 64.1 Å². The molecular weight excluding hydrogens is 501 g/mol. The molecule has 0 radical (unpaired) electrons. The molecule has 0 unspecified atom stereocenters. The van der Waals surface area contributed by atoms with Crippen LogP contribution in [-0.4, -0.2) is 36.7 Å². The van der Waals surface area contributed by atoms with Gasteiger partial charge in [0.25, 0.3) is 0 Å². The van der Waals surface area contributed by atoms with Crippen molar-refractivity contribution in [3.63, 3.8) is 0 Å². The number of fused-ring (bicyclic) bond motifs is 1. The van der Waals surface area contributed by atoms with Gasteiger partial charge in [-0.25, -0.2) is 17.8 Å². The first-order valence-electron chi connectivity index (χ1n) is 11.7. The van der Waals surface area contributed by atoms with Crippen molar-refractivity contribution < 1.29 is 22.0 Å². The number of carbonyl (C=O) groups excluding carboxylic acids is 1. The molecule has 0 aliphatic carbocycles. The van der Waals surface area contributed by atoms with Crippen LogP contribution >= 0.6 is 11.3 Å². The van der Waals surface area contributed by atoms with E-state index in [1.807, 2.05) is 26.0 Å². The number of piperidine rings is 1. The summed E-state index contributed by atoms with van der Waals surface area (Å²) >= 11 is 1.45. The quantitative estimate of drug-likeness (QED) is 0.341. The first kappa shape index (κ1) is 24.6. The van der Waals surface area contributed by atoms with Crippen LogP contribution < -0.4 is 4.90 Å². The molecule has 10 heteroatoms. The minimum Gasteiger partial charge on any atom is -0.467 e. The SMILES string of the molecule is Cc1cc2nc(N(Cc3ccco3)C(=O)C3CCN(S(=O)(=O)c4ccccc4F)CC3)sc2cc1C. The summed E-state index contributed by atoms with van der Waals surface area (Å²) in [6.07, 6.45) is 2.24. The molecule has 1 fully saturated rings. The predicted molar refractivity (Wildman–Crippen MR) is 137 cm³/mol. The fraction of sp³-hybridized carbons (Fsp3) is 0.308. The van der Waals surface area contributed by atoms with Crippen LogP contribution in [0.4, 0.5) is 9.52 Å². The molecule has 188 valence electrons. The van der Waals surface area contributed by atoms with Gasteiger partial charge < -0.3 is 4.42 Å². The number of nitrogens with zero attached hydrogens (tertiary/aromatic N) is 3. The van der Waals surface area contributed by atoms with Crippen LogP contribution in [0.25, 0.3) is 10.2 Å². The summed E-state index contributed by atoms with van der Waals surface area (Å²) in [4.78, 5) is 19.8.